The van der Waals surface area contributed by atoms with Crippen molar-refractivity contribution in [2.45, 2.75) is 18.7 Å². The Bertz CT molecular complexity index is 929. The summed E-state index contributed by atoms with van der Waals surface area (Å²) < 4.78 is 16.4. The molecule has 2 aromatic carbocycles. The molecule has 0 aliphatic carbocycles. The van der Waals surface area contributed by atoms with Crippen LogP contribution in [-0.2, 0) is 11.3 Å². The van der Waals surface area contributed by atoms with Crippen LogP contribution in [0.5, 0.6) is 11.5 Å². The Morgan fingerprint density at radius 3 is 2.86 bits per heavy atom. The van der Waals surface area contributed by atoms with E-state index in [2.05, 4.69) is 15.5 Å². The van der Waals surface area contributed by atoms with Crippen LogP contribution >= 0.6 is 11.8 Å². The van der Waals surface area contributed by atoms with E-state index in [9.17, 15) is 4.79 Å². The number of nitrogens with zero attached hydrogens (tertiary/aromatic N) is 2. The van der Waals surface area contributed by atoms with E-state index in [0.717, 1.165) is 16.9 Å². The molecule has 1 N–H and O–H groups in total. The van der Waals surface area contributed by atoms with Gasteiger partial charge in [0.2, 0.25) is 5.91 Å². The summed E-state index contributed by atoms with van der Waals surface area (Å²) in [7, 11) is 1.61. The highest BCUT2D eigenvalue weighted by molar-refractivity contribution is 7.99. The van der Waals surface area contributed by atoms with E-state index in [1.165, 1.54) is 11.8 Å². The van der Waals surface area contributed by atoms with Crippen molar-refractivity contribution in [2.75, 3.05) is 19.5 Å². The van der Waals surface area contributed by atoms with Gasteiger partial charge in [-0.2, -0.15) is 0 Å². The van der Waals surface area contributed by atoms with Gasteiger partial charge in [0, 0.05) is 6.54 Å². The van der Waals surface area contributed by atoms with Crippen LogP contribution < -0.4 is 14.8 Å². The maximum absolute atomic E-state index is 12.1. The van der Waals surface area contributed by atoms with Crippen molar-refractivity contribution in [3.63, 3.8) is 0 Å². The lowest BCUT2D eigenvalue weighted by Gasteiger charge is -2.06. The van der Waals surface area contributed by atoms with Gasteiger partial charge < -0.3 is 19.2 Å². The van der Waals surface area contributed by atoms with Crippen molar-refractivity contribution in [1.82, 2.24) is 15.5 Å². The Balaban J connectivity index is 1.53. The fourth-order valence-corrected chi connectivity index (χ4v) is 3.06. The zero-order valence-corrected chi connectivity index (χ0v) is 16.5. The molecule has 146 valence electrons. The fraction of sp³-hybridized carbons (Fsp3) is 0.250. The van der Waals surface area contributed by atoms with E-state index < -0.39 is 0 Å². The van der Waals surface area contributed by atoms with E-state index >= 15 is 0 Å². The molecule has 0 aliphatic rings. The number of carbonyl (C=O) groups is 1. The molecule has 28 heavy (non-hydrogen) atoms. The summed E-state index contributed by atoms with van der Waals surface area (Å²) in [4.78, 5) is 12.1. The average Bonchev–Trinajstić information content (AvgIpc) is 3.20. The second-order valence-corrected chi connectivity index (χ2v) is 6.65. The minimum Gasteiger partial charge on any atom is -0.497 e. The van der Waals surface area contributed by atoms with E-state index in [1.54, 1.807) is 7.11 Å². The summed E-state index contributed by atoms with van der Waals surface area (Å²) in [5.74, 6) is 1.86. The molecule has 0 fully saturated rings. The van der Waals surface area contributed by atoms with Crippen molar-refractivity contribution in [2.24, 2.45) is 0 Å². The second kappa shape index (κ2) is 9.80. The number of nitrogens with one attached hydrogen (secondary N) is 1. The molecule has 0 saturated carbocycles. The molecule has 0 saturated heterocycles. The molecule has 3 aromatic rings. The highest BCUT2D eigenvalue weighted by Crippen LogP contribution is 2.30. The maximum atomic E-state index is 12.1. The normalized spacial score (nSPS) is 10.5. The number of hydrogen-bond donors (Lipinski definition) is 1. The lowest BCUT2D eigenvalue weighted by atomic mass is 10.2. The van der Waals surface area contributed by atoms with E-state index in [-0.39, 0.29) is 11.7 Å². The Kier molecular flexibility index (Phi) is 6.91. The molecule has 1 heterocycles. The van der Waals surface area contributed by atoms with Crippen LogP contribution in [0.15, 0.2) is 58.2 Å². The first-order valence-electron chi connectivity index (χ1n) is 8.77. The number of aromatic nitrogens is 2. The Labute approximate surface area is 167 Å². The number of rotatable bonds is 9. The minimum atomic E-state index is -0.123. The molecule has 0 atom stereocenters. The number of thioether (sulfide) groups is 1. The van der Waals surface area contributed by atoms with E-state index in [0.29, 0.717) is 30.0 Å². The number of hydrogen-bond acceptors (Lipinski definition) is 7. The standard InChI is InChI=1S/C20H21N3O4S/c1-3-26-17-10-5-4-9-16(17)19-22-23-20(27-19)28-13-18(24)21-12-14-7-6-8-15(11-14)25-2/h4-11H,3,12-13H2,1-2H3,(H,21,24). The molecule has 8 heteroatoms. The van der Waals surface area contributed by atoms with Gasteiger partial charge in [-0.3, -0.25) is 4.79 Å². The van der Waals surface area contributed by atoms with Crippen molar-refractivity contribution in [1.29, 1.82) is 0 Å². The van der Waals surface area contributed by atoms with Gasteiger partial charge in [-0.1, -0.05) is 36.0 Å². The molecule has 3 rings (SSSR count). The van der Waals surface area contributed by atoms with Gasteiger partial charge >= 0.3 is 0 Å². The van der Waals surface area contributed by atoms with Gasteiger partial charge in [-0.15, -0.1) is 10.2 Å². The quantitative estimate of drug-likeness (QED) is 0.551. The topological polar surface area (TPSA) is 86.5 Å². The van der Waals surface area contributed by atoms with Crippen LogP contribution in [0.1, 0.15) is 12.5 Å². The summed E-state index contributed by atoms with van der Waals surface area (Å²) in [5.41, 5.74) is 1.69. The molecule has 0 radical (unpaired) electrons. The van der Waals surface area contributed by atoms with Crippen molar-refractivity contribution >= 4 is 17.7 Å². The van der Waals surface area contributed by atoms with Gasteiger partial charge in [0.05, 0.1) is 25.0 Å². The summed E-state index contributed by atoms with van der Waals surface area (Å²) >= 11 is 1.19. The Hall–Kier alpha value is -3.00. The Morgan fingerprint density at radius 1 is 1.18 bits per heavy atom. The molecule has 0 aliphatic heterocycles. The minimum absolute atomic E-state index is 0.123. The van der Waals surface area contributed by atoms with Crippen molar-refractivity contribution in [3.8, 4) is 23.0 Å². The van der Waals surface area contributed by atoms with Gasteiger partial charge in [0.1, 0.15) is 11.5 Å². The zero-order valence-electron chi connectivity index (χ0n) is 15.7. The number of para-hydroxylation sites is 1. The number of ether oxygens (including phenoxy) is 2. The van der Waals surface area contributed by atoms with Crippen molar-refractivity contribution in [3.05, 3.63) is 54.1 Å². The SMILES string of the molecule is CCOc1ccccc1-c1nnc(SCC(=O)NCc2cccc(OC)c2)o1. The van der Waals surface area contributed by atoms with Crippen LogP contribution in [0.2, 0.25) is 0 Å². The largest absolute Gasteiger partial charge is 0.497 e. The third-order valence-corrected chi connectivity index (χ3v) is 4.59. The summed E-state index contributed by atoms with van der Waals surface area (Å²) in [6, 6.07) is 15.0. The maximum Gasteiger partial charge on any atom is 0.277 e. The average molecular weight is 399 g/mol. The lowest BCUT2D eigenvalue weighted by molar-refractivity contribution is -0.118. The predicted molar refractivity (Wildman–Crippen MR) is 106 cm³/mol. The number of carbonyl (C=O) groups excluding carboxylic acids is 1. The third kappa shape index (κ3) is 5.26. The first-order chi connectivity index (χ1) is 13.7. The van der Waals surface area contributed by atoms with Crippen LogP contribution in [-0.4, -0.2) is 35.6 Å². The monoisotopic (exact) mass is 399 g/mol. The highest BCUT2D eigenvalue weighted by atomic mass is 32.2. The molecule has 7 nitrogen and oxygen atoms in total. The van der Waals surface area contributed by atoms with E-state index in [4.69, 9.17) is 13.9 Å². The second-order valence-electron chi connectivity index (χ2n) is 5.72. The first kappa shape index (κ1) is 19.8. The highest BCUT2D eigenvalue weighted by Gasteiger charge is 2.14. The summed E-state index contributed by atoms with van der Waals surface area (Å²) in [6.45, 7) is 2.88. The van der Waals surface area contributed by atoms with Crippen LogP contribution in [0.4, 0.5) is 0 Å². The molecule has 0 spiro atoms. The molecular formula is C20H21N3O4S. The van der Waals surface area contributed by atoms with Gasteiger partial charge in [0.15, 0.2) is 0 Å². The van der Waals surface area contributed by atoms with Crippen LogP contribution in [0, 0.1) is 0 Å². The fourth-order valence-electron chi connectivity index (χ4n) is 2.46. The Morgan fingerprint density at radius 2 is 2.04 bits per heavy atom. The molecule has 0 unspecified atom stereocenters. The summed E-state index contributed by atoms with van der Waals surface area (Å²) in [5, 5.41) is 11.2. The van der Waals surface area contributed by atoms with Crippen molar-refractivity contribution < 1.29 is 18.7 Å². The smallest absolute Gasteiger partial charge is 0.277 e. The zero-order chi connectivity index (χ0) is 19.8. The summed E-state index contributed by atoms with van der Waals surface area (Å²) in [6.07, 6.45) is 0. The number of amides is 1. The van der Waals surface area contributed by atoms with Gasteiger partial charge in [-0.25, -0.2) is 0 Å². The predicted octanol–water partition coefficient (Wildman–Crippen LogP) is 3.55. The number of methoxy groups -OCH3 is 1. The molecule has 1 amide bonds. The van der Waals surface area contributed by atoms with Gasteiger partial charge in [-0.05, 0) is 36.8 Å². The lowest BCUT2D eigenvalue weighted by Crippen LogP contribution is -2.24. The van der Waals surface area contributed by atoms with Crippen LogP contribution in [0.25, 0.3) is 11.5 Å². The molecule has 1 aromatic heterocycles. The van der Waals surface area contributed by atoms with E-state index in [1.807, 2.05) is 55.5 Å². The first-order valence-corrected chi connectivity index (χ1v) is 9.76. The number of benzene rings is 2. The van der Waals surface area contributed by atoms with Gasteiger partial charge in [0.25, 0.3) is 11.1 Å². The van der Waals surface area contributed by atoms with Crippen LogP contribution in [0.3, 0.4) is 0 Å². The molecule has 0 bridgehead atoms. The third-order valence-electron chi connectivity index (χ3n) is 3.77. The molecular weight excluding hydrogens is 378 g/mol.